The van der Waals surface area contributed by atoms with Gasteiger partial charge in [-0.3, -0.25) is 14.9 Å². The topological polar surface area (TPSA) is 116 Å². The maximum atomic E-state index is 13.0. The van der Waals surface area contributed by atoms with Crippen LogP contribution in [0.4, 0.5) is 5.88 Å². The SMILES string of the molecule is CCOC(=O)c1c(NC(=O)c2cnn(-c3ccc4ccccc4n3)c2C)oc(C)c1C(C)=O. The van der Waals surface area contributed by atoms with Crippen molar-refractivity contribution < 1.29 is 23.5 Å². The van der Waals surface area contributed by atoms with Gasteiger partial charge in [-0.05, 0) is 45.9 Å². The highest BCUT2D eigenvalue weighted by atomic mass is 16.5. The van der Waals surface area contributed by atoms with Crippen molar-refractivity contribution in [3.05, 3.63) is 70.7 Å². The van der Waals surface area contributed by atoms with E-state index in [1.165, 1.54) is 13.1 Å². The van der Waals surface area contributed by atoms with Gasteiger partial charge < -0.3 is 9.15 Å². The van der Waals surface area contributed by atoms with Crippen molar-refractivity contribution in [2.75, 3.05) is 11.9 Å². The molecule has 4 rings (SSSR count). The van der Waals surface area contributed by atoms with E-state index in [0.717, 1.165) is 10.9 Å². The lowest BCUT2D eigenvalue weighted by Crippen LogP contribution is -2.17. The summed E-state index contributed by atoms with van der Waals surface area (Å²) in [5.41, 5.74) is 1.59. The Hall–Kier alpha value is -4.27. The normalized spacial score (nSPS) is 10.9. The number of carbonyl (C=O) groups is 3. The van der Waals surface area contributed by atoms with E-state index in [1.54, 1.807) is 25.5 Å². The number of ether oxygens (including phenoxy) is 1. The predicted molar refractivity (Wildman–Crippen MR) is 121 cm³/mol. The van der Waals surface area contributed by atoms with Crippen LogP contribution in [0.25, 0.3) is 16.7 Å². The molecule has 9 nitrogen and oxygen atoms in total. The fraction of sp³-hybridized carbons (Fsp3) is 0.208. The van der Waals surface area contributed by atoms with Gasteiger partial charge in [0.2, 0.25) is 5.88 Å². The zero-order chi connectivity index (χ0) is 23.7. The Morgan fingerprint density at radius 1 is 1.09 bits per heavy atom. The molecule has 0 saturated carbocycles. The van der Waals surface area contributed by atoms with E-state index in [9.17, 15) is 14.4 Å². The molecule has 0 aliphatic carbocycles. The fourth-order valence-corrected chi connectivity index (χ4v) is 3.66. The molecule has 0 saturated heterocycles. The highest BCUT2D eigenvalue weighted by molar-refractivity contribution is 6.12. The van der Waals surface area contributed by atoms with Crippen molar-refractivity contribution in [3.8, 4) is 5.82 Å². The molecule has 3 aromatic heterocycles. The van der Waals surface area contributed by atoms with E-state index < -0.39 is 11.9 Å². The standard InChI is InChI=1S/C24H22N4O5/c1-5-32-24(31)21-20(14(3)29)15(4)33-23(21)27-22(30)17-12-25-28(13(17)2)19-11-10-16-8-6-7-9-18(16)26-19/h6-12H,5H2,1-4H3,(H,27,30). The van der Waals surface area contributed by atoms with E-state index in [1.807, 2.05) is 36.4 Å². The molecular formula is C24H22N4O5. The maximum Gasteiger partial charge on any atom is 0.344 e. The smallest absolute Gasteiger partial charge is 0.344 e. The molecule has 0 spiro atoms. The zero-order valence-electron chi connectivity index (χ0n) is 18.6. The highest BCUT2D eigenvalue weighted by Crippen LogP contribution is 2.29. The number of para-hydroxylation sites is 1. The molecular weight excluding hydrogens is 424 g/mol. The van der Waals surface area contributed by atoms with Gasteiger partial charge in [0, 0.05) is 5.39 Å². The summed E-state index contributed by atoms with van der Waals surface area (Å²) in [7, 11) is 0. The van der Waals surface area contributed by atoms with E-state index in [-0.39, 0.29) is 40.7 Å². The molecule has 9 heteroatoms. The first kappa shape index (κ1) is 21.9. The average molecular weight is 446 g/mol. The number of benzene rings is 1. The molecule has 0 fully saturated rings. The number of aromatic nitrogens is 3. The van der Waals surface area contributed by atoms with Gasteiger partial charge in [0.25, 0.3) is 5.91 Å². The molecule has 1 N–H and O–H groups in total. The van der Waals surface area contributed by atoms with Gasteiger partial charge in [-0.25, -0.2) is 14.5 Å². The minimum absolute atomic E-state index is 0.0801. The second-order valence-corrected chi connectivity index (χ2v) is 7.39. The highest BCUT2D eigenvalue weighted by Gasteiger charge is 2.29. The Bertz CT molecular complexity index is 1400. The Morgan fingerprint density at radius 3 is 2.58 bits per heavy atom. The third kappa shape index (κ3) is 4.00. The molecule has 0 aliphatic rings. The van der Waals surface area contributed by atoms with Crippen LogP contribution in [0.3, 0.4) is 0 Å². The lowest BCUT2D eigenvalue weighted by atomic mass is 10.1. The number of carbonyl (C=O) groups excluding carboxylic acids is 3. The largest absolute Gasteiger partial charge is 0.462 e. The number of esters is 1. The number of aryl methyl sites for hydroxylation is 1. The van der Waals surface area contributed by atoms with Gasteiger partial charge in [-0.2, -0.15) is 5.10 Å². The number of amides is 1. The van der Waals surface area contributed by atoms with Crippen molar-refractivity contribution in [1.82, 2.24) is 14.8 Å². The number of hydrogen-bond donors (Lipinski definition) is 1. The third-order valence-electron chi connectivity index (χ3n) is 5.20. The summed E-state index contributed by atoms with van der Waals surface area (Å²) in [5.74, 6) is -1.03. The number of ketones is 1. The lowest BCUT2D eigenvalue weighted by Gasteiger charge is -2.07. The second kappa shape index (κ2) is 8.70. The zero-order valence-corrected chi connectivity index (χ0v) is 18.6. The van der Waals surface area contributed by atoms with Crippen LogP contribution in [0.15, 0.2) is 47.0 Å². The Balaban J connectivity index is 1.68. The first-order chi connectivity index (χ1) is 15.8. The van der Waals surface area contributed by atoms with Gasteiger partial charge >= 0.3 is 5.97 Å². The predicted octanol–water partition coefficient (Wildman–Crippen LogP) is 4.26. The Morgan fingerprint density at radius 2 is 1.85 bits per heavy atom. The maximum absolute atomic E-state index is 13.0. The van der Waals surface area contributed by atoms with Crippen LogP contribution in [0.1, 0.15) is 56.4 Å². The molecule has 33 heavy (non-hydrogen) atoms. The minimum Gasteiger partial charge on any atom is -0.462 e. The Kier molecular flexibility index (Phi) is 5.78. The van der Waals surface area contributed by atoms with Crippen molar-refractivity contribution in [3.63, 3.8) is 0 Å². The molecule has 1 amide bonds. The quantitative estimate of drug-likeness (QED) is 0.347. The molecule has 4 aromatic rings. The van der Waals surface area contributed by atoms with E-state index in [4.69, 9.17) is 9.15 Å². The molecule has 0 atom stereocenters. The van der Waals surface area contributed by atoms with Gasteiger partial charge in [0.1, 0.15) is 11.3 Å². The molecule has 0 aliphatic heterocycles. The van der Waals surface area contributed by atoms with Gasteiger partial charge in [-0.15, -0.1) is 0 Å². The van der Waals surface area contributed by atoms with Crippen molar-refractivity contribution in [1.29, 1.82) is 0 Å². The van der Waals surface area contributed by atoms with Crippen LogP contribution in [0.5, 0.6) is 0 Å². The summed E-state index contributed by atoms with van der Waals surface area (Å²) in [6.07, 6.45) is 1.41. The summed E-state index contributed by atoms with van der Waals surface area (Å²) in [6, 6.07) is 11.4. The van der Waals surface area contributed by atoms with Gasteiger partial charge in [-0.1, -0.05) is 18.2 Å². The van der Waals surface area contributed by atoms with Crippen LogP contribution in [0, 0.1) is 13.8 Å². The number of nitrogens with zero attached hydrogens (tertiary/aromatic N) is 3. The monoisotopic (exact) mass is 446 g/mol. The van der Waals surface area contributed by atoms with E-state index >= 15 is 0 Å². The van der Waals surface area contributed by atoms with Crippen LogP contribution < -0.4 is 5.32 Å². The lowest BCUT2D eigenvalue weighted by molar-refractivity contribution is 0.0524. The fourth-order valence-electron chi connectivity index (χ4n) is 3.66. The molecule has 0 bridgehead atoms. The number of pyridine rings is 1. The van der Waals surface area contributed by atoms with Crippen LogP contribution in [0.2, 0.25) is 0 Å². The molecule has 3 heterocycles. The summed E-state index contributed by atoms with van der Waals surface area (Å²) < 4.78 is 12.2. The average Bonchev–Trinajstić information content (AvgIpc) is 3.33. The van der Waals surface area contributed by atoms with Crippen LogP contribution in [-0.4, -0.2) is 39.0 Å². The third-order valence-corrected chi connectivity index (χ3v) is 5.20. The summed E-state index contributed by atoms with van der Waals surface area (Å²) in [5, 5.41) is 7.89. The minimum atomic E-state index is -0.748. The van der Waals surface area contributed by atoms with Crippen LogP contribution in [-0.2, 0) is 4.74 Å². The number of nitrogens with one attached hydrogen (secondary N) is 1. The number of rotatable bonds is 6. The van der Waals surface area contributed by atoms with Gasteiger partial charge in [0.05, 0.1) is 35.1 Å². The number of hydrogen-bond acceptors (Lipinski definition) is 7. The first-order valence-corrected chi connectivity index (χ1v) is 10.3. The number of Topliss-reactive ketones (excluding diaryl/α,β-unsaturated/α-hetero) is 1. The number of anilines is 1. The summed E-state index contributed by atoms with van der Waals surface area (Å²) >= 11 is 0. The van der Waals surface area contributed by atoms with Crippen LogP contribution >= 0.6 is 0 Å². The first-order valence-electron chi connectivity index (χ1n) is 10.3. The number of fused-ring (bicyclic) bond motifs is 1. The number of furan rings is 1. The molecule has 0 unspecified atom stereocenters. The van der Waals surface area contributed by atoms with Crippen molar-refractivity contribution >= 4 is 34.4 Å². The summed E-state index contributed by atoms with van der Waals surface area (Å²) in [4.78, 5) is 42.2. The molecule has 0 radical (unpaired) electrons. The van der Waals surface area contributed by atoms with E-state index in [2.05, 4.69) is 15.4 Å². The second-order valence-electron chi connectivity index (χ2n) is 7.39. The van der Waals surface area contributed by atoms with Crippen molar-refractivity contribution in [2.45, 2.75) is 27.7 Å². The molecule has 168 valence electrons. The van der Waals surface area contributed by atoms with Gasteiger partial charge in [0.15, 0.2) is 11.6 Å². The van der Waals surface area contributed by atoms with Crippen molar-refractivity contribution in [2.24, 2.45) is 0 Å². The Labute approximate surface area is 189 Å². The summed E-state index contributed by atoms with van der Waals surface area (Å²) in [6.45, 7) is 6.35. The van der Waals surface area contributed by atoms with E-state index in [0.29, 0.717) is 11.5 Å². The molecule has 1 aromatic carbocycles.